The van der Waals surface area contributed by atoms with Crippen molar-refractivity contribution >= 4 is 34.5 Å². The molecular weight excluding hydrogens is 346 g/mol. The molecule has 5 nitrogen and oxygen atoms in total. The Bertz CT molecular complexity index is 770. The number of rotatable bonds is 7. The number of benzene rings is 1. The second-order valence-electron chi connectivity index (χ2n) is 6.76. The summed E-state index contributed by atoms with van der Waals surface area (Å²) in [5.74, 6) is 0.176. The highest BCUT2D eigenvalue weighted by Crippen LogP contribution is 2.23. The Labute approximate surface area is 158 Å². The van der Waals surface area contributed by atoms with Crippen LogP contribution in [0.1, 0.15) is 29.7 Å². The first-order valence-corrected chi connectivity index (χ1v) is 9.82. The lowest BCUT2D eigenvalue weighted by Gasteiger charge is -2.17. The van der Waals surface area contributed by atoms with Crippen LogP contribution in [0.15, 0.2) is 35.7 Å². The molecule has 138 valence electrons. The lowest BCUT2D eigenvalue weighted by Crippen LogP contribution is -2.24. The average molecular weight is 372 g/mol. The summed E-state index contributed by atoms with van der Waals surface area (Å²) < 4.78 is 0. The van der Waals surface area contributed by atoms with E-state index in [1.807, 2.05) is 31.3 Å². The molecule has 1 aliphatic heterocycles. The molecule has 0 unspecified atom stereocenters. The molecule has 1 fully saturated rings. The van der Waals surface area contributed by atoms with Crippen molar-refractivity contribution in [3.63, 3.8) is 0 Å². The van der Waals surface area contributed by atoms with Crippen LogP contribution in [0.5, 0.6) is 0 Å². The van der Waals surface area contributed by atoms with E-state index in [0.717, 1.165) is 30.9 Å². The maximum absolute atomic E-state index is 12.2. The van der Waals surface area contributed by atoms with Gasteiger partial charge in [0.05, 0.1) is 0 Å². The molecule has 0 aliphatic carbocycles. The molecule has 3 rings (SSSR count). The van der Waals surface area contributed by atoms with E-state index in [1.54, 1.807) is 16.2 Å². The van der Waals surface area contributed by atoms with Gasteiger partial charge >= 0.3 is 0 Å². The smallest absolute Gasteiger partial charge is 0.227 e. The van der Waals surface area contributed by atoms with Gasteiger partial charge < -0.3 is 15.1 Å². The Morgan fingerprint density at radius 2 is 2.04 bits per heavy atom. The molecule has 1 N–H and O–H groups in total. The van der Waals surface area contributed by atoms with E-state index in [1.165, 1.54) is 10.4 Å². The molecule has 0 radical (unpaired) electrons. The van der Waals surface area contributed by atoms with Crippen molar-refractivity contribution in [2.45, 2.75) is 32.7 Å². The van der Waals surface area contributed by atoms with Gasteiger partial charge in [-0.2, -0.15) is 0 Å². The summed E-state index contributed by atoms with van der Waals surface area (Å²) in [5.41, 5.74) is 2.97. The summed E-state index contributed by atoms with van der Waals surface area (Å²) in [6.45, 7) is 4.48. The van der Waals surface area contributed by atoms with Gasteiger partial charge in [0.25, 0.3) is 0 Å². The zero-order valence-corrected chi connectivity index (χ0v) is 16.1. The number of hydrogen-bond donors (Lipinski definition) is 1. The number of hydrogen-bond acceptors (Lipinski definition) is 4. The zero-order chi connectivity index (χ0) is 18.5. The Morgan fingerprint density at radius 3 is 2.65 bits per heavy atom. The van der Waals surface area contributed by atoms with Crippen molar-refractivity contribution < 1.29 is 9.59 Å². The van der Waals surface area contributed by atoms with E-state index in [4.69, 9.17) is 0 Å². The van der Waals surface area contributed by atoms with Crippen molar-refractivity contribution in [3.8, 4) is 0 Å². The Balaban J connectivity index is 1.45. The van der Waals surface area contributed by atoms with Crippen LogP contribution in [0.25, 0.3) is 0 Å². The van der Waals surface area contributed by atoms with Crippen LogP contribution in [-0.4, -0.2) is 36.9 Å². The van der Waals surface area contributed by atoms with Crippen LogP contribution in [0, 0.1) is 6.92 Å². The van der Waals surface area contributed by atoms with Gasteiger partial charge in [-0.3, -0.25) is 9.59 Å². The predicted molar refractivity (Wildman–Crippen MR) is 107 cm³/mol. The molecule has 0 spiro atoms. The van der Waals surface area contributed by atoms with Crippen LogP contribution < -0.4 is 10.2 Å². The van der Waals surface area contributed by atoms with Crippen molar-refractivity contribution in [3.05, 3.63) is 46.2 Å². The SMILES string of the molecule is Cc1ccsc1CN(C)CCC(=O)Nc1ccc(N2CCCC2=O)cc1. The lowest BCUT2D eigenvalue weighted by molar-refractivity contribution is -0.117. The van der Waals surface area contributed by atoms with E-state index >= 15 is 0 Å². The van der Waals surface area contributed by atoms with Gasteiger partial charge in [0, 0.05) is 48.7 Å². The largest absolute Gasteiger partial charge is 0.326 e. The molecule has 1 aromatic carbocycles. The first-order chi connectivity index (χ1) is 12.5. The summed E-state index contributed by atoms with van der Waals surface area (Å²) in [5, 5.41) is 5.03. The number of nitrogens with zero attached hydrogens (tertiary/aromatic N) is 2. The maximum Gasteiger partial charge on any atom is 0.227 e. The van der Waals surface area contributed by atoms with E-state index in [0.29, 0.717) is 19.4 Å². The van der Waals surface area contributed by atoms with Crippen molar-refractivity contribution in [1.82, 2.24) is 4.90 Å². The molecular formula is C20H25N3O2S. The van der Waals surface area contributed by atoms with Gasteiger partial charge in [-0.15, -0.1) is 11.3 Å². The second-order valence-corrected chi connectivity index (χ2v) is 7.76. The first-order valence-electron chi connectivity index (χ1n) is 8.95. The molecule has 0 bridgehead atoms. The van der Waals surface area contributed by atoms with Gasteiger partial charge in [0.1, 0.15) is 0 Å². The quantitative estimate of drug-likeness (QED) is 0.808. The van der Waals surface area contributed by atoms with Gasteiger partial charge in [-0.25, -0.2) is 0 Å². The third kappa shape index (κ3) is 4.71. The molecule has 26 heavy (non-hydrogen) atoms. The number of amides is 2. The monoisotopic (exact) mass is 371 g/mol. The first kappa shape index (κ1) is 18.6. The molecule has 2 heterocycles. The molecule has 6 heteroatoms. The van der Waals surface area contributed by atoms with E-state index < -0.39 is 0 Å². The summed E-state index contributed by atoms with van der Waals surface area (Å²) in [6, 6.07) is 9.63. The van der Waals surface area contributed by atoms with Gasteiger partial charge in [0.2, 0.25) is 11.8 Å². The van der Waals surface area contributed by atoms with E-state index in [9.17, 15) is 9.59 Å². The normalized spacial score (nSPS) is 14.3. The van der Waals surface area contributed by atoms with Crippen LogP contribution >= 0.6 is 11.3 Å². The highest BCUT2D eigenvalue weighted by molar-refractivity contribution is 7.10. The number of anilines is 2. The third-order valence-electron chi connectivity index (χ3n) is 4.64. The minimum absolute atomic E-state index is 0.00440. The molecule has 2 amide bonds. The van der Waals surface area contributed by atoms with Crippen molar-refractivity contribution in [2.75, 3.05) is 30.4 Å². The minimum Gasteiger partial charge on any atom is -0.326 e. The van der Waals surface area contributed by atoms with Crippen LogP contribution in [0.2, 0.25) is 0 Å². The summed E-state index contributed by atoms with van der Waals surface area (Å²) in [6.07, 6.45) is 1.99. The molecule has 0 saturated carbocycles. The average Bonchev–Trinajstić information content (AvgIpc) is 3.22. The molecule has 0 atom stereocenters. The highest BCUT2D eigenvalue weighted by atomic mass is 32.1. The summed E-state index contributed by atoms with van der Waals surface area (Å²) in [4.78, 5) is 29.3. The van der Waals surface area contributed by atoms with Gasteiger partial charge in [-0.05, 0) is 61.7 Å². The lowest BCUT2D eigenvalue weighted by atomic mass is 10.2. The Morgan fingerprint density at radius 1 is 1.27 bits per heavy atom. The van der Waals surface area contributed by atoms with Gasteiger partial charge in [0.15, 0.2) is 0 Å². The van der Waals surface area contributed by atoms with E-state index in [-0.39, 0.29) is 11.8 Å². The Hall–Kier alpha value is -2.18. The fourth-order valence-corrected chi connectivity index (χ4v) is 4.04. The number of nitrogens with one attached hydrogen (secondary N) is 1. The predicted octanol–water partition coefficient (Wildman–Crippen LogP) is 3.64. The topological polar surface area (TPSA) is 52.7 Å². The molecule has 2 aromatic rings. The van der Waals surface area contributed by atoms with Crippen LogP contribution in [0.3, 0.4) is 0 Å². The number of carbonyl (C=O) groups excluding carboxylic acids is 2. The zero-order valence-electron chi connectivity index (χ0n) is 15.3. The minimum atomic E-state index is 0.00440. The van der Waals surface area contributed by atoms with E-state index in [2.05, 4.69) is 28.6 Å². The summed E-state index contributed by atoms with van der Waals surface area (Å²) >= 11 is 1.76. The molecule has 1 aromatic heterocycles. The Kier molecular flexibility index (Phi) is 6.06. The van der Waals surface area contributed by atoms with Crippen LogP contribution in [0.4, 0.5) is 11.4 Å². The molecule has 1 aliphatic rings. The fourth-order valence-electron chi connectivity index (χ4n) is 3.05. The van der Waals surface area contributed by atoms with Crippen molar-refractivity contribution in [2.24, 2.45) is 0 Å². The maximum atomic E-state index is 12.2. The standard InChI is InChI=1S/C20H25N3O2S/c1-15-10-13-26-18(15)14-22(2)12-9-19(24)21-16-5-7-17(8-6-16)23-11-3-4-20(23)25/h5-8,10,13H,3-4,9,11-12,14H2,1-2H3,(H,21,24). The second kappa shape index (κ2) is 8.47. The third-order valence-corrected chi connectivity index (χ3v) is 5.65. The van der Waals surface area contributed by atoms with Crippen LogP contribution in [-0.2, 0) is 16.1 Å². The fraction of sp³-hybridized carbons (Fsp3) is 0.400. The summed E-state index contributed by atoms with van der Waals surface area (Å²) in [7, 11) is 2.04. The van der Waals surface area contributed by atoms with Gasteiger partial charge in [-0.1, -0.05) is 0 Å². The number of aryl methyl sites for hydroxylation is 1. The molecule has 1 saturated heterocycles. The number of thiophene rings is 1. The number of carbonyl (C=O) groups is 2. The highest BCUT2D eigenvalue weighted by Gasteiger charge is 2.21. The van der Waals surface area contributed by atoms with Crippen molar-refractivity contribution in [1.29, 1.82) is 0 Å².